The molecule has 0 spiro atoms. The van der Waals surface area contributed by atoms with Gasteiger partial charge in [-0.25, -0.2) is 9.97 Å². The Morgan fingerprint density at radius 2 is 1.89 bits per heavy atom. The third-order valence-electron chi connectivity index (χ3n) is 6.88. The van der Waals surface area contributed by atoms with E-state index in [9.17, 15) is 4.79 Å². The normalized spacial score (nSPS) is 14.8. The lowest BCUT2D eigenvalue weighted by Gasteiger charge is -2.35. The number of amides is 1. The topological polar surface area (TPSA) is 98.8 Å². The number of nitrogens with zero attached hydrogens (tertiary/aromatic N) is 4. The minimum atomic E-state index is -0.171. The summed E-state index contributed by atoms with van der Waals surface area (Å²) in [5.74, 6) is 0.769. The molecule has 196 valence electrons. The van der Waals surface area contributed by atoms with E-state index in [1.165, 1.54) is 29.4 Å². The van der Waals surface area contributed by atoms with Crippen LogP contribution in [0.4, 0.5) is 0 Å². The molecule has 0 bridgehead atoms. The van der Waals surface area contributed by atoms with Gasteiger partial charge >= 0.3 is 0 Å². The average molecular weight is 530 g/mol. The van der Waals surface area contributed by atoms with Crippen LogP contribution in [0, 0.1) is 0 Å². The van der Waals surface area contributed by atoms with Crippen molar-refractivity contribution in [2.45, 2.75) is 44.9 Å². The maximum Gasteiger partial charge on any atom is 0.251 e. The van der Waals surface area contributed by atoms with Gasteiger partial charge in [-0.05, 0) is 54.2 Å². The predicted octanol–water partition coefficient (Wildman–Crippen LogP) is 4.45. The fourth-order valence-electron chi connectivity index (χ4n) is 4.93. The van der Waals surface area contributed by atoms with E-state index < -0.39 is 0 Å². The Hall–Kier alpha value is -3.59. The molecule has 1 aromatic carbocycles. The molecule has 0 saturated heterocycles. The van der Waals surface area contributed by atoms with Crippen molar-refractivity contribution in [3.05, 3.63) is 112 Å². The van der Waals surface area contributed by atoms with Crippen molar-refractivity contribution in [2.24, 2.45) is 0 Å². The van der Waals surface area contributed by atoms with Crippen LogP contribution in [0.5, 0.6) is 0 Å². The van der Waals surface area contributed by atoms with Crippen molar-refractivity contribution in [3.8, 4) is 0 Å². The second kappa shape index (κ2) is 12.8. The quantitative estimate of drug-likeness (QED) is 0.196. The summed E-state index contributed by atoms with van der Waals surface area (Å²) < 4.78 is 0. The maximum atomic E-state index is 12.4. The molecule has 3 heterocycles. The number of fused-ring (bicyclic) bond motifs is 1. The Morgan fingerprint density at radius 3 is 2.71 bits per heavy atom. The van der Waals surface area contributed by atoms with E-state index in [-0.39, 0.29) is 11.9 Å². The third kappa shape index (κ3) is 6.83. The van der Waals surface area contributed by atoms with Gasteiger partial charge in [0.25, 0.3) is 5.91 Å². The Kier molecular flexibility index (Phi) is 8.75. The molecular formula is C29H32ClN7O. The van der Waals surface area contributed by atoms with E-state index in [4.69, 9.17) is 16.6 Å². The van der Waals surface area contributed by atoms with Crippen molar-refractivity contribution >= 4 is 17.5 Å². The molecule has 0 fully saturated rings. The van der Waals surface area contributed by atoms with E-state index in [1.807, 2.05) is 18.5 Å². The largest absolute Gasteiger partial charge is 0.348 e. The first-order chi connectivity index (χ1) is 18.7. The van der Waals surface area contributed by atoms with Crippen LogP contribution in [-0.2, 0) is 26.1 Å². The zero-order chi connectivity index (χ0) is 26.2. The van der Waals surface area contributed by atoms with Gasteiger partial charge in [0.1, 0.15) is 11.0 Å². The van der Waals surface area contributed by atoms with Crippen LogP contribution < -0.4 is 10.6 Å². The lowest BCUT2D eigenvalue weighted by Crippen LogP contribution is -2.36. The third-order valence-corrected chi connectivity index (χ3v) is 7.09. The first-order valence-corrected chi connectivity index (χ1v) is 13.4. The molecule has 5 rings (SSSR count). The van der Waals surface area contributed by atoms with E-state index >= 15 is 0 Å². The van der Waals surface area contributed by atoms with Crippen LogP contribution in [-0.4, -0.2) is 43.8 Å². The van der Waals surface area contributed by atoms with Crippen LogP contribution in [0.3, 0.4) is 0 Å². The minimum Gasteiger partial charge on any atom is -0.348 e. The van der Waals surface area contributed by atoms with Gasteiger partial charge in [-0.3, -0.25) is 14.7 Å². The molecule has 3 N–H and O–H groups in total. The number of hydrogen-bond acceptors (Lipinski definition) is 6. The van der Waals surface area contributed by atoms with E-state index in [0.717, 1.165) is 43.9 Å². The molecule has 1 aliphatic carbocycles. The Balaban J connectivity index is 1.22. The minimum absolute atomic E-state index is 0.171. The summed E-state index contributed by atoms with van der Waals surface area (Å²) in [6.45, 7) is 3.73. The van der Waals surface area contributed by atoms with Crippen LogP contribution in [0.2, 0.25) is 5.15 Å². The number of rotatable bonds is 11. The molecule has 1 aliphatic rings. The zero-order valence-corrected chi connectivity index (χ0v) is 22.0. The van der Waals surface area contributed by atoms with Crippen LogP contribution in [0.15, 0.2) is 73.3 Å². The fraction of sp³-hybridized carbons (Fsp3) is 0.310. The van der Waals surface area contributed by atoms with Gasteiger partial charge in [0.15, 0.2) is 0 Å². The highest BCUT2D eigenvalue weighted by atomic mass is 35.5. The number of hydrogen-bond donors (Lipinski definition) is 3. The highest BCUT2D eigenvalue weighted by Gasteiger charge is 2.27. The lowest BCUT2D eigenvalue weighted by molar-refractivity contribution is 0.0951. The molecule has 3 aromatic heterocycles. The number of imidazole rings is 1. The number of benzene rings is 1. The number of H-pyrrole nitrogens is 1. The molecule has 8 nitrogen and oxygen atoms in total. The molecular weight excluding hydrogens is 498 g/mol. The first kappa shape index (κ1) is 26.0. The van der Waals surface area contributed by atoms with Gasteiger partial charge in [0.05, 0.1) is 18.3 Å². The summed E-state index contributed by atoms with van der Waals surface area (Å²) in [6, 6.07) is 16.2. The summed E-state index contributed by atoms with van der Waals surface area (Å²) in [5, 5.41) is 6.77. The average Bonchev–Trinajstić information content (AvgIpc) is 3.47. The Labute approximate surface area is 227 Å². The van der Waals surface area contributed by atoms with Crippen molar-refractivity contribution in [2.75, 3.05) is 13.1 Å². The first-order valence-electron chi connectivity index (χ1n) is 13.0. The molecule has 9 heteroatoms. The second-order valence-electron chi connectivity index (χ2n) is 9.51. The maximum absolute atomic E-state index is 12.4. The van der Waals surface area contributed by atoms with E-state index in [2.05, 4.69) is 60.8 Å². The van der Waals surface area contributed by atoms with Crippen LogP contribution >= 0.6 is 11.6 Å². The molecule has 0 radical (unpaired) electrons. The summed E-state index contributed by atoms with van der Waals surface area (Å²) in [4.78, 5) is 31.1. The summed E-state index contributed by atoms with van der Waals surface area (Å²) in [5.41, 5.74) is 5.34. The zero-order valence-electron chi connectivity index (χ0n) is 21.2. The van der Waals surface area contributed by atoms with Crippen molar-refractivity contribution < 1.29 is 4.79 Å². The second-order valence-corrected chi connectivity index (χ2v) is 9.89. The van der Waals surface area contributed by atoms with Crippen molar-refractivity contribution in [3.63, 3.8) is 0 Å². The van der Waals surface area contributed by atoms with Gasteiger partial charge < -0.3 is 15.6 Å². The number of halogens is 1. The number of aromatic nitrogens is 4. The van der Waals surface area contributed by atoms with Gasteiger partial charge in [0, 0.05) is 56.5 Å². The standard InChI is InChI=1S/C29H32ClN7O/c30-26-17-24(10-12-32-26)29(38)36-18-21-6-8-22(9-7-21)20-37(16-15-31-19-27-33-13-14-34-27)25-5-1-3-23-4-2-11-35-28(23)25/h2,4,6-14,17,25,31H,1,3,5,15-16,18-20H2,(H,33,34)(H,36,38). The summed E-state index contributed by atoms with van der Waals surface area (Å²) >= 11 is 5.91. The highest BCUT2D eigenvalue weighted by molar-refractivity contribution is 6.29. The number of carbonyl (C=O) groups is 1. The number of carbonyl (C=O) groups excluding carboxylic acids is 1. The van der Waals surface area contributed by atoms with Crippen molar-refractivity contribution in [1.82, 2.24) is 35.5 Å². The monoisotopic (exact) mass is 529 g/mol. The molecule has 0 saturated carbocycles. The molecule has 1 unspecified atom stereocenters. The molecule has 1 amide bonds. The van der Waals surface area contributed by atoms with Gasteiger partial charge in [-0.1, -0.05) is 41.9 Å². The number of nitrogens with one attached hydrogen (secondary N) is 3. The Bertz CT molecular complexity index is 1330. The van der Waals surface area contributed by atoms with Crippen LogP contribution in [0.25, 0.3) is 0 Å². The number of aromatic amines is 1. The SMILES string of the molecule is O=C(NCc1ccc(CN(CCNCc2ncc[nH]2)C2CCCc3cccnc32)cc1)c1ccnc(Cl)c1. The summed E-state index contributed by atoms with van der Waals surface area (Å²) in [6.07, 6.45) is 10.4. The molecule has 38 heavy (non-hydrogen) atoms. The highest BCUT2D eigenvalue weighted by Crippen LogP contribution is 2.33. The van der Waals surface area contributed by atoms with Gasteiger partial charge in [-0.2, -0.15) is 0 Å². The van der Waals surface area contributed by atoms with Gasteiger partial charge in [-0.15, -0.1) is 0 Å². The van der Waals surface area contributed by atoms with E-state index in [1.54, 1.807) is 18.3 Å². The smallest absolute Gasteiger partial charge is 0.251 e. The lowest BCUT2D eigenvalue weighted by atomic mass is 9.90. The fourth-order valence-corrected chi connectivity index (χ4v) is 5.11. The molecule has 1 atom stereocenters. The number of aryl methyl sites for hydroxylation is 1. The Morgan fingerprint density at radius 1 is 1.03 bits per heavy atom. The predicted molar refractivity (Wildman–Crippen MR) is 147 cm³/mol. The number of pyridine rings is 2. The summed E-state index contributed by atoms with van der Waals surface area (Å²) in [7, 11) is 0. The molecule has 4 aromatic rings. The van der Waals surface area contributed by atoms with Gasteiger partial charge in [0.2, 0.25) is 0 Å². The van der Waals surface area contributed by atoms with Crippen LogP contribution in [0.1, 0.15) is 57.5 Å². The van der Waals surface area contributed by atoms with Crippen molar-refractivity contribution in [1.29, 1.82) is 0 Å². The molecule has 0 aliphatic heterocycles. The van der Waals surface area contributed by atoms with E-state index in [0.29, 0.717) is 23.8 Å².